The first-order chi connectivity index (χ1) is 13.4. The molecular weight excluding hydrogens is 365 g/mol. The number of hydrogen-bond acceptors (Lipinski definition) is 5. The van der Waals surface area contributed by atoms with E-state index >= 15 is 0 Å². The third-order valence-corrected chi connectivity index (χ3v) is 3.60. The molecule has 0 unspecified atom stereocenters. The average molecular weight is 383 g/mol. The van der Waals surface area contributed by atoms with Gasteiger partial charge in [0.2, 0.25) is 0 Å². The molecule has 0 heterocycles. The van der Waals surface area contributed by atoms with E-state index in [0.717, 1.165) is 0 Å². The van der Waals surface area contributed by atoms with Crippen LogP contribution in [0.3, 0.4) is 0 Å². The zero-order valence-electron chi connectivity index (χ0n) is 15.1. The molecule has 2 amide bonds. The number of benzene rings is 2. The lowest BCUT2D eigenvalue weighted by Crippen LogP contribution is -2.23. The summed E-state index contributed by atoms with van der Waals surface area (Å²) >= 11 is 0. The molecule has 0 radical (unpaired) electrons. The number of carbonyl (C=O) groups excluding carboxylic acids is 2. The van der Waals surface area contributed by atoms with Crippen molar-refractivity contribution >= 4 is 17.9 Å². The Kier molecular flexibility index (Phi) is 7.11. The number of rotatable bonds is 8. The average Bonchev–Trinajstić information content (AvgIpc) is 2.70. The van der Waals surface area contributed by atoms with E-state index in [1.165, 1.54) is 25.3 Å². The Hall–Kier alpha value is -3.86. The number of ether oxygens (including phenoxy) is 2. The van der Waals surface area contributed by atoms with E-state index in [1.807, 2.05) is 6.07 Å². The van der Waals surface area contributed by atoms with E-state index in [4.69, 9.17) is 15.2 Å². The van der Waals surface area contributed by atoms with Gasteiger partial charge >= 0.3 is 0 Å². The smallest absolute Gasteiger partial charge is 0.262 e. The molecule has 2 aromatic rings. The van der Waals surface area contributed by atoms with E-state index < -0.39 is 11.8 Å². The van der Waals surface area contributed by atoms with Crippen molar-refractivity contribution in [3.05, 3.63) is 65.0 Å². The third-order valence-electron chi connectivity index (χ3n) is 3.60. The van der Waals surface area contributed by atoms with Crippen LogP contribution in [0.15, 0.2) is 48.0 Å². The second-order valence-electron chi connectivity index (χ2n) is 5.64. The third kappa shape index (κ3) is 5.85. The number of carbonyl (C=O) groups is 2. The molecule has 0 saturated heterocycles. The first-order valence-electron chi connectivity index (χ1n) is 8.16. The molecule has 0 aliphatic heterocycles. The summed E-state index contributed by atoms with van der Waals surface area (Å²) in [6.45, 7) is -0.151. The van der Waals surface area contributed by atoms with Crippen molar-refractivity contribution in [2.75, 3.05) is 13.7 Å². The number of nitrogens with zero attached hydrogens (tertiary/aromatic N) is 1. The van der Waals surface area contributed by atoms with E-state index in [1.54, 1.807) is 30.3 Å². The molecule has 2 rings (SSSR count). The highest BCUT2D eigenvalue weighted by atomic mass is 19.1. The second-order valence-corrected chi connectivity index (χ2v) is 5.64. The van der Waals surface area contributed by atoms with Gasteiger partial charge in [-0.15, -0.1) is 0 Å². The topological polar surface area (TPSA) is 114 Å². The molecule has 0 spiro atoms. The number of amides is 2. The molecule has 0 aromatic heterocycles. The summed E-state index contributed by atoms with van der Waals surface area (Å²) in [5.74, 6) is -0.947. The van der Waals surface area contributed by atoms with Gasteiger partial charge < -0.3 is 20.5 Å². The maximum atomic E-state index is 12.9. The molecule has 144 valence electrons. The first-order valence-corrected chi connectivity index (χ1v) is 8.16. The van der Waals surface area contributed by atoms with Gasteiger partial charge in [0.1, 0.15) is 17.5 Å². The minimum Gasteiger partial charge on any atom is -0.493 e. The normalized spacial score (nSPS) is 10.7. The van der Waals surface area contributed by atoms with Gasteiger partial charge in [0, 0.05) is 6.54 Å². The van der Waals surface area contributed by atoms with Gasteiger partial charge in [0.15, 0.2) is 18.1 Å². The molecule has 0 bridgehead atoms. The fourth-order valence-electron chi connectivity index (χ4n) is 2.24. The van der Waals surface area contributed by atoms with Crippen LogP contribution >= 0.6 is 0 Å². The molecule has 0 fully saturated rings. The number of primary amides is 1. The van der Waals surface area contributed by atoms with Crippen LogP contribution in [0.1, 0.15) is 11.1 Å². The van der Waals surface area contributed by atoms with Gasteiger partial charge in [-0.25, -0.2) is 4.39 Å². The Morgan fingerprint density at radius 2 is 1.93 bits per heavy atom. The van der Waals surface area contributed by atoms with E-state index in [-0.39, 0.29) is 24.5 Å². The van der Waals surface area contributed by atoms with Crippen LogP contribution in [0.2, 0.25) is 0 Å². The lowest BCUT2D eigenvalue weighted by Gasteiger charge is -2.10. The van der Waals surface area contributed by atoms with Crippen molar-refractivity contribution in [3.63, 3.8) is 0 Å². The molecule has 28 heavy (non-hydrogen) atoms. The van der Waals surface area contributed by atoms with Crippen LogP contribution < -0.4 is 20.5 Å². The van der Waals surface area contributed by atoms with Crippen molar-refractivity contribution < 1.29 is 23.5 Å². The summed E-state index contributed by atoms with van der Waals surface area (Å²) in [5, 5.41) is 11.9. The lowest BCUT2D eigenvalue weighted by atomic mass is 10.1. The zero-order valence-corrected chi connectivity index (χ0v) is 15.1. The second kappa shape index (κ2) is 9.73. The lowest BCUT2D eigenvalue weighted by molar-refractivity contribution is -0.120. The molecule has 7 nitrogen and oxygen atoms in total. The summed E-state index contributed by atoms with van der Waals surface area (Å²) in [6.07, 6.45) is 1.39. The van der Waals surface area contributed by atoms with Crippen LogP contribution in [0, 0.1) is 17.1 Å². The summed E-state index contributed by atoms with van der Waals surface area (Å²) in [6, 6.07) is 12.2. The van der Waals surface area contributed by atoms with Crippen LogP contribution in [0.25, 0.3) is 6.08 Å². The standard InChI is InChI=1S/C20H18FN3O4/c1-27-18-9-14(4-7-17(18)28-12-19(23)25)8-15(10-22)20(26)24-11-13-2-5-16(21)6-3-13/h2-9H,11-12H2,1H3,(H2,23,25)(H,24,26)/b15-8-. The summed E-state index contributed by atoms with van der Waals surface area (Å²) < 4.78 is 23.3. The minimum atomic E-state index is -0.629. The molecule has 0 aliphatic rings. The maximum absolute atomic E-state index is 12.9. The molecule has 0 atom stereocenters. The van der Waals surface area contributed by atoms with Crippen molar-refractivity contribution in [1.82, 2.24) is 5.32 Å². The number of nitrogens with two attached hydrogens (primary N) is 1. The Labute approximate surface area is 161 Å². The molecule has 2 aromatic carbocycles. The number of hydrogen-bond donors (Lipinski definition) is 2. The Morgan fingerprint density at radius 1 is 1.21 bits per heavy atom. The van der Waals surface area contributed by atoms with Crippen LogP contribution in [0.5, 0.6) is 11.5 Å². The van der Waals surface area contributed by atoms with Crippen molar-refractivity contribution in [3.8, 4) is 17.6 Å². The van der Waals surface area contributed by atoms with Gasteiger partial charge in [-0.3, -0.25) is 9.59 Å². The number of halogens is 1. The monoisotopic (exact) mass is 383 g/mol. The molecule has 0 saturated carbocycles. The van der Waals surface area contributed by atoms with Gasteiger partial charge in [-0.1, -0.05) is 18.2 Å². The predicted octanol–water partition coefficient (Wildman–Crippen LogP) is 1.92. The first kappa shape index (κ1) is 20.5. The molecule has 8 heteroatoms. The van der Waals surface area contributed by atoms with E-state index in [0.29, 0.717) is 22.6 Å². The highest BCUT2D eigenvalue weighted by Crippen LogP contribution is 2.28. The van der Waals surface area contributed by atoms with E-state index in [9.17, 15) is 19.2 Å². The highest BCUT2D eigenvalue weighted by Gasteiger charge is 2.11. The van der Waals surface area contributed by atoms with Gasteiger partial charge in [0.05, 0.1) is 7.11 Å². The maximum Gasteiger partial charge on any atom is 0.262 e. The van der Waals surface area contributed by atoms with Crippen molar-refractivity contribution in [2.24, 2.45) is 5.73 Å². The van der Waals surface area contributed by atoms with Gasteiger partial charge in [-0.2, -0.15) is 5.26 Å². The molecule has 0 aliphatic carbocycles. The van der Waals surface area contributed by atoms with Gasteiger partial charge in [-0.05, 0) is 41.5 Å². The molecule has 3 N–H and O–H groups in total. The quantitative estimate of drug-likeness (QED) is 0.534. The van der Waals surface area contributed by atoms with Crippen molar-refractivity contribution in [1.29, 1.82) is 5.26 Å². The largest absolute Gasteiger partial charge is 0.493 e. The fraction of sp³-hybridized carbons (Fsp3) is 0.150. The SMILES string of the molecule is COc1cc(/C=C(/C#N)C(=O)NCc2ccc(F)cc2)ccc1OCC(N)=O. The summed E-state index contributed by atoms with van der Waals surface area (Å²) in [4.78, 5) is 23.1. The van der Waals surface area contributed by atoms with Crippen molar-refractivity contribution in [2.45, 2.75) is 6.54 Å². The minimum absolute atomic E-state index is 0.116. The number of nitriles is 1. The fourth-order valence-corrected chi connectivity index (χ4v) is 2.24. The Bertz CT molecular complexity index is 933. The van der Waals surface area contributed by atoms with E-state index in [2.05, 4.69) is 5.32 Å². The highest BCUT2D eigenvalue weighted by molar-refractivity contribution is 6.01. The number of methoxy groups -OCH3 is 1. The number of nitrogens with one attached hydrogen (secondary N) is 1. The summed E-state index contributed by atoms with van der Waals surface area (Å²) in [7, 11) is 1.42. The Morgan fingerprint density at radius 3 is 2.54 bits per heavy atom. The Balaban J connectivity index is 2.11. The van der Waals surface area contributed by atoms with Gasteiger partial charge in [0.25, 0.3) is 11.8 Å². The summed E-state index contributed by atoms with van der Waals surface area (Å²) in [5.41, 5.74) is 6.15. The van der Waals surface area contributed by atoms with Crippen LogP contribution in [0.4, 0.5) is 4.39 Å². The predicted molar refractivity (Wildman–Crippen MR) is 99.5 cm³/mol. The van der Waals surface area contributed by atoms with Crippen LogP contribution in [-0.2, 0) is 16.1 Å². The van der Waals surface area contributed by atoms with Crippen LogP contribution in [-0.4, -0.2) is 25.5 Å². The molecular formula is C20H18FN3O4. The zero-order chi connectivity index (χ0) is 20.5.